The van der Waals surface area contributed by atoms with Gasteiger partial charge in [-0.05, 0) is 18.2 Å². The van der Waals surface area contributed by atoms with Crippen molar-refractivity contribution in [1.82, 2.24) is 19.3 Å². The number of nitro groups is 1. The molecule has 4 rings (SSSR count). The molecule has 0 radical (unpaired) electrons. The Labute approximate surface area is 172 Å². The number of hydrogen-bond donors (Lipinski definition) is 0. The number of hydrogen-bond acceptors (Lipinski definition) is 8. The van der Waals surface area contributed by atoms with Crippen LogP contribution in [0.3, 0.4) is 0 Å². The molecule has 0 spiro atoms. The van der Waals surface area contributed by atoms with Crippen LogP contribution in [0.2, 0.25) is 0 Å². The zero-order valence-electron chi connectivity index (χ0n) is 15.9. The molecular formula is C19H19N5O5S. The van der Waals surface area contributed by atoms with Crippen LogP contribution in [0.1, 0.15) is 5.82 Å². The molecule has 1 aliphatic rings. The fourth-order valence-electron chi connectivity index (χ4n) is 3.25. The van der Waals surface area contributed by atoms with Gasteiger partial charge in [-0.25, -0.2) is 8.42 Å². The Kier molecular flexibility index (Phi) is 5.57. The maximum atomic E-state index is 12.8. The molecule has 11 heteroatoms. The Hall–Kier alpha value is -3.15. The van der Waals surface area contributed by atoms with Crippen molar-refractivity contribution in [3.63, 3.8) is 0 Å². The lowest BCUT2D eigenvalue weighted by molar-refractivity contribution is -0.385. The summed E-state index contributed by atoms with van der Waals surface area (Å²) in [5, 5.41) is 14.9. The van der Waals surface area contributed by atoms with Crippen LogP contribution in [0.15, 0.2) is 64.0 Å². The first-order chi connectivity index (χ1) is 14.4. The van der Waals surface area contributed by atoms with Gasteiger partial charge in [0.2, 0.25) is 10.0 Å². The van der Waals surface area contributed by atoms with E-state index >= 15 is 0 Å². The molecule has 0 unspecified atom stereocenters. The van der Waals surface area contributed by atoms with E-state index < -0.39 is 14.9 Å². The fraction of sp³-hybridized carbons (Fsp3) is 0.263. The van der Waals surface area contributed by atoms with E-state index in [2.05, 4.69) is 10.1 Å². The Balaban J connectivity index is 1.39. The van der Waals surface area contributed by atoms with Crippen LogP contribution in [0, 0.1) is 10.1 Å². The summed E-state index contributed by atoms with van der Waals surface area (Å²) >= 11 is 0. The minimum Gasteiger partial charge on any atom is -0.334 e. The van der Waals surface area contributed by atoms with Gasteiger partial charge in [-0.15, -0.1) is 0 Å². The highest BCUT2D eigenvalue weighted by molar-refractivity contribution is 7.89. The molecule has 1 saturated heterocycles. The van der Waals surface area contributed by atoms with Crippen molar-refractivity contribution in [2.45, 2.75) is 11.4 Å². The fourth-order valence-corrected chi connectivity index (χ4v) is 4.71. The molecule has 1 aromatic heterocycles. The molecule has 1 aliphatic heterocycles. The summed E-state index contributed by atoms with van der Waals surface area (Å²) in [5.41, 5.74) is 0.588. The second kappa shape index (κ2) is 8.30. The normalized spacial score (nSPS) is 15.9. The van der Waals surface area contributed by atoms with Gasteiger partial charge in [0.1, 0.15) is 0 Å². The lowest BCUT2D eigenvalue weighted by Crippen LogP contribution is -2.48. The van der Waals surface area contributed by atoms with Gasteiger partial charge in [0.25, 0.3) is 11.6 Å². The second-order valence-electron chi connectivity index (χ2n) is 6.82. The number of rotatable bonds is 6. The van der Waals surface area contributed by atoms with Crippen molar-refractivity contribution >= 4 is 15.7 Å². The molecule has 1 fully saturated rings. The third kappa shape index (κ3) is 4.22. The number of piperazine rings is 1. The minimum absolute atomic E-state index is 0.0733. The summed E-state index contributed by atoms with van der Waals surface area (Å²) in [6.45, 7) is 1.97. The number of aromatic nitrogens is 2. The summed E-state index contributed by atoms with van der Waals surface area (Å²) in [6, 6.07) is 14.6. The number of nitro benzene ring substituents is 1. The lowest BCUT2D eigenvalue weighted by atomic mass is 10.2. The standard InChI is InChI=1S/C19H19N5O5S/c25-24(26)16-7-4-8-17(13-16)30(27,28)23-11-9-22(10-12-23)14-18-20-19(29-21-18)15-5-2-1-3-6-15/h1-8,13H,9-12,14H2. The minimum atomic E-state index is -3.79. The molecule has 156 valence electrons. The molecule has 0 aliphatic carbocycles. The van der Waals surface area contributed by atoms with Gasteiger partial charge in [0.15, 0.2) is 5.82 Å². The van der Waals surface area contributed by atoms with Gasteiger partial charge in [-0.3, -0.25) is 15.0 Å². The van der Waals surface area contributed by atoms with E-state index in [-0.39, 0.29) is 23.7 Å². The first-order valence-electron chi connectivity index (χ1n) is 9.28. The molecule has 0 N–H and O–H groups in total. The van der Waals surface area contributed by atoms with Gasteiger partial charge in [0, 0.05) is 43.9 Å². The van der Waals surface area contributed by atoms with E-state index in [0.29, 0.717) is 31.3 Å². The predicted molar refractivity (Wildman–Crippen MR) is 107 cm³/mol. The average Bonchev–Trinajstić information content (AvgIpc) is 3.23. The van der Waals surface area contributed by atoms with Crippen LogP contribution in [-0.2, 0) is 16.6 Å². The zero-order chi connectivity index (χ0) is 21.1. The third-order valence-corrected chi connectivity index (χ3v) is 6.75. The average molecular weight is 429 g/mol. The van der Waals surface area contributed by atoms with E-state index in [9.17, 15) is 18.5 Å². The topological polar surface area (TPSA) is 123 Å². The highest BCUT2D eigenvalue weighted by Gasteiger charge is 2.30. The zero-order valence-corrected chi connectivity index (χ0v) is 16.7. The number of non-ortho nitro benzene ring substituents is 1. The lowest BCUT2D eigenvalue weighted by Gasteiger charge is -2.33. The highest BCUT2D eigenvalue weighted by atomic mass is 32.2. The van der Waals surface area contributed by atoms with E-state index in [0.717, 1.165) is 11.6 Å². The van der Waals surface area contributed by atoms with Crippen molar-refractivity contribution in [1.29, 1.82) is 0 Å². The van der Waals surface area contributed by atoms with Crippen LogP contribution in [0.25, 0.3) is 11.5 Å². The number of sulfonamides is 1. The summed E-state index contributed by atoms with van der Waals surface area (Å²) in [6.07, 6.45) is 0. The van der Waals surface area contributed by atoms with Gasteiger partial charge < -0.3 is 4.52 Å². The Morgan fingerprint density at radius 1 is 1.03 bits per heavy atom. The SMILES string of the molecule is O=[N+]([O-])c1cccc(S(=O)(=O)N2CCN(Cc3noc(-c4ccccc4)n3)CC2)c1. The molecule has 0 atom stereocenters. The highest BCUT2D eigenvalue weighted by Crippen LogP contribution is 2.22. The Morgan fingerprint density at radius 3 is 2.47 bits per heavy atom. The number of nitrogens with zero attached hydrogens (tertiary/aromatic N) is 5. The Bertz CT molecular complexity index is 1140. The predicted octanol–water partition coefficient (Wildman–Crippen LogP) is 2.15. The molecule has 10 nitrogen and oxygen atoms in total. The van der Waals surface area contributed by atoms with Crippen LogP contribution in [0.5, 0.6) is 0 Å². The molecule has 30 heavy (non-hydrogen) atoms. The number of benzene rings is 2. The van der Waals surface area contributed by atoms with Gasteiger partial charge in [-0.2, -0.15) is 9.29 Å². The molecule has 0 saturated carbocycles. The molecule has 2 heterocycles. The first kappa shape index (κ1) is 20.1. The Morgan fingerprint density at radius 2 is 1.77 bits per heavy atom. The molecule has 0 amide bonds. The van der Waals surface area contributed by atoms with Gasteiger partial charge in [-0.1, -0.05) is 29.4 Å². The maximum absolute atomic E-state index is 12.8. The largest absolute Gasteiger partial charge is 0.334 e. The van der Waals surface area contributed by atoms with Crippen LogP contribution >= 0.6 is 0 Å². The quantitative estimate of drug-likeness (QED) is 0.431. The summed E-state index contributed by atoms with van der Waals surface area (Å²) in [4.78, 5) is 16.7. The first-order valence-corrected chi connectivity index (χ1v) is 10.7. The van der Waals surface area contributed by atoms with Crippen LogP contribution in [-0.4, -0.2) is 58.9 Å². The van der Waals surface area contributed by atoms with E-state index in [1.54, 1.807) is 0 Å². The van der Waals surface area contributed by atoms with Crippen LogP contribution in [0.4, 0.5) is 5.69 Å². The van der Waals surface area contributed by atoms with Crippen molar-refractivity contribution in [2.24, 2.45) is 0 Å². The molecular weight excluding hydrogens is 410 g/mol. The van der Waals surface area contributed by atoms with Crippen LogP contribution < -0.4 is 0 Å². The van der Waals surface area contributed by atoms with Gasteiger partial charge >= 0.3 is 0 Å². The van der Waals surface area contributed by atoms with Crippen molar-refractivity contribution in [3.8, 4) is 11.5 Å². The van der Waals surface area contributed by atoms with E-state index in [4.69, 9.17) is 4.52 Å². The smallest absolute Gasteiger partial charge is 0.270 e. The van der Waals surface area contributed by atoms with Crippen molar-refractivity contribution in [2.75, 3.05) is 26.2 Å². The van der Waals surface area contributed by atoms with E-state index in [1.807, 2.05) is 35.2 Å². The van der Waals surface area contributed by atoms with Crippen molar-refractivity contribution < 1.29 is 17.9 Å². The third-order valence-electron chi connectivity index (χ3n) is 4.85. The summed E-state index contributed by atoms with van der Waals surface area (Å²) < 4.78 is 32.3. The second-order valence-corrected chi connectivity index (χ2v) is 8.75. The molecule has 2 aromatic carbocycles. The van der Waals surface area contributed by atoms with Crippen molar-refractivity contribution in [3.05, 3.63) is 70.5 Å². The maximum Gasteiger partial charge on any atom is 0.270 e. The summed E-state index contributed by atoms with van der Waals surface area (Å²) in [5.74, 6) is 0.973. The molecule has 3 aromatic rings. The monoisotopic (exact) mass is 429 g/mol. The summed E-state index contributed by atoms with van der Waals surface area (Å²) in [7, 11) is -3.79. The van der Waals surface area contributed by atoms with E-state index in [1.165, 1.54) is 22.5 Å². The van der Waals surface area contributed by atoms with Gasteiger partial charge in [0.05, 0.1) is 16.4 Å². The molecule has 0 bridgehead atoms.